The Morgan fingerprint density at radius 2 is 2.09 bits per heavy atom. The highest BCUT2D eigenvalue weighted by molar-refractivity contribution is 5.81. The molecule has 4 N–H and O–H groups in total. The highest BCUT2D eigenvalue weighted by atomic mass is 16.4. The Morgan fingerprint density at radius 1 is 1.36 bits per heavy atom. The predicted octanol–water partition coefficient (Wildman–Crippen LogP) is 1.20. The highest BCUT2D eigenvalue weighted by Crippen LogP contribution is 2.14. The van der Waals surface area contributed by atoms with Gasteiger partial charge in [0.25, 0.3) is 0 Å². The van der Waals surface area contributed by atoms with Gasteiger partial charge in [-0.05, 0) is 30.4 Å². The van der Waals surface area contributed by atoms with Gasteiger partial charge in [-0.25, -0.2) is 0 Å². The molecule has 0 fully saturated rings. The molecule has 0 saturated carbocycles. The molecule has 0 bridgehead atoms. The van der Waals surface area contributed by atoms with E-state index in [0.717, 1.165) is 12.1 Å². The second-order valence-electron chi connectivity index (χ2n) is 5.97. The summed E-state index contributed by atoms with van der Waals surface area (Å²) in [5.41, 5.74) is 6.63. The maximum Gasteiger partial charge on any atom is 0.303 e. The van der Waals surface area contributed by atoms with E-state index in [0.29, 0.717) is 18.9 Å². The second-order valence-corrected chi connectivity index (χ2v) is 5.97. The van der Waals surface area contributed by atoms with Crippen LogP contribution in [-0.2, 0) is 16.0 Å². The predicted molar refractivity (Wildman–Crippen MR) is 84.1 cm³/mol. The first kappa shape index (κ1) is 18.1. The molecule has 1 aromatic heterocycles. The molecule has 1 aromatic rings. The summed E-state index contributed by atoms with van der Waals surface area (Å²) in [6.07, 6.45) is 2.82. The summed E-state index contributed by atoms with van der Waals surface area (Å²) in [4.78, 5) is 27.0. The van der Waals surface area contributed by atoms with Crippen molar-refractivity contribution in [3.63, 3.8) is 0 Å². The molecule has 0 aliphatic carbocycles. The summed E-state index contributed by atoms with van der Waals surface area (Å²) >= 11 is 0. The number of hydrogen-bond donors (Lipinski definition) is 3. The van der Waals surface area contributed by atoms with Gasteiger partial charge >= 0.3 is 5.97 Å². The number of nitrogens with one attached hydrogen (secondary N) is 1. The molecule has 2 atom stereocenters. The number of pyridine rings is 1. The van der Waals surface area contributed by atoms with E-state index in [-0.39, 0.29) is 18.2 Å². The normalized spacial score (nSPS) is 13.6. The van der Waals surface area contributed by atoms with Crippen LogP contribution < -0.4 is 11.1 Å². The molecule has 0 aliphatic heterocycles. The quantitative estimate of drug-likeness (QED) is 0.636. The maximum atomic E-state index is 12.0. The molecule has 6 nitrogen and oxygen atoms in total. The average molecular weight is 307 g/mol. The van der Waals surface area contributed by atoms with Crippen LogP contribution in [0.1, 0.15) is 32.4 Å². The van der Waals surface area contributed by atoms with Gasteiger partial charge in [0.05, 0.1) is 6.04 Å². The standard InChI is InChI=1S/C16H25N3O3/c1-11(2)7-12(8-15(20)21)10-19-16(22)14(17)9-13-5-3-4-6-18-13/h3-6,11-12,14H,7-10,17H2,1-2H3,(H,19,22)(H,20,21)/t12-,14+/m0/s1. The van der Waals surface area contributed by atoms with Crippen molar-refractivity contribution >= 4 is 11.9 Å². The number of aromatic nitrogens is 1. The summed E-state index contributed by atoms with van der Waals surface area (Å²) in [6, 6.07) is 4.79. The molecule has 6 heteroatoms. The van der Waals surface area contributed by atoms with Crippen LogP contribution in [0, 0.1) is 11.8 Å². The highest BCUT2D eigenvalue weighted by Gasteiger charge is 2.19. The van der Waals surface area contributed by atoms with Crippen LogP contribution in [0.2, 0.25) is 0 Å². The Balaban J connectivity index is 2.46. The van der Waals surface area contributed by atoms with Crippen LogP contribution in [0.25, 0.3) is 0 Å². The van der Waals surface area contributed by atoms with Crippen molar-refractivity contribution in [1.82, 2.24) is 10.3 Å². The van der Waals surface area contributed by atoms with Crippen molar-refractivity contribution in [3.05, 3.63) is 30.1 Å². The first-order valence-electron chi connectivity index (χ1n) is 7.53. The minimum Gasteiger partial charge on any atom is -0.481 e. The zero-order chi connectivity index (χ0) is 16.5. The molecule has 0 aliphatic rings. The summed E-state index contributed by atoms with van der Waals surface area (Å²) < 4.78 is 0. The van der Waals surface area contributed by atoms with Gasteiger partial charge in [-0.3, -0.25) is 14.6 Å². The summed E-state index contributed by atoms with van der Waals surface area (Å²) in [5, 5.41) is 11.7. The molecule has 1 heterocycles. The SMILES string of the molecule is CC(C)C[C@H](CNC(=O)[C@H](N)Cc1ccccn1)CC(=O)O. The topological polar surface area (TPSA) is 105 Å². The van der Waals surface area contributed by atoms with Gasteiger partial charge in [-0.2, -0.15) is 0 Å². The van der Waals surface area contributed by atoms with Crippen LogP contribution in [0.5, 0.6) is 0 Å². The second kappa shape index (κ2) is 9.15. The van der Waals surface area contributed by atoms with E-state index in [1.807, 2.05) is 26.0 Å². The monoisotopic (exact) mass is 307 g/mol. The van der Waals surface area contributed by atoms with Crippen molar-refractivity contribution in [2.75, 3.05) is 6.54 Å². The van der Waals surface area contributed by atoms with Crippen LogP contribution in [0.3, 0.4) is 0 Å². The van der Waals surface area contributed by atoms with Gasteiger partial charge < -0.3 is 16.2 Å². The number of carboxylic acids is 1. The van der Waals surface area contributed by atoms with E-state index in [1.54, 1.807) is 12.3 Å². The molecular weight excluding hydrogens is 282 g/mol. The molecule has 0 spiro atoms. The first-order chi connectivity index (χ1) is 10.4. The number of hydrogen-bond acceptors (Lipinski definition) is 4. The average Bonchev–Trinajstić information content (AvgIpc) is 2.44. The fourth-order valence-electron chi connectivity index (χ4n) is 2.37. The number of carbonyl (C=O) groups excluding carboxylic acids is 1. The Hall–Kier alpha value is -1.95. The minimum absolute atomic E-state index is 0.0495. The number of nitrogens with zero attached hydrogens (tertiary/aromatic N) is 1. The number of carbonyl (C=O) groups is 2. The molecule has 22 heavy (non-hydrogen) atoms. The van der Waals surface area contributed by atoms with Crippen molar-refractivity contribution < 1.29 is 14.7 Å². The van der Waals surface area contributed by atoms with Gasteiger partial charge in [0.1, 0.15) is 0 Å². The molecular formula is C16H25N3O3. The van der Waals surface area contributed by atoms with Crippen molar-refractivity contribution in [3.8, 4) is 0 Å². The van der Waals surface area contributed by atoms with E-state index in [2.05, 4.69) is 10.3 Å². The third kappa shape index (κ3) is 7.17. The molecule has 0 unspecified atom stereocenters. The van der Waals surface area contributed by atoms with Gasteiger partial charge in [0.15, 0.2) is 0 Å². The van der Waals surface area contributed by atoms with Crippen molar-refractivity contribution in [1.29, 1.82) is 0 Å². The number of amides is 1. The maximum absolute atomic E-state index is 12.0. The Morgan fingerprint density at radius 3 is 2.64 bits per heavy atom. The molecule has 1 amide bonds. The lowest BCUT2D eigenvalue weighted by atomic mass is 9.94. The molecule has 0 saturated heterocycles. The molecule has 0 aromatic carbocycles. The van der Waals surface area contributed by atoms with Crippen LogP contribution >= 0.6 is 0 Å². The Bertz CT molecular complexity index is 477. The number of carboxylic acid groups (broad SMARTS) is 1. The minimum atomic E-state index is -0.849. The summed E-state index contributed by atoms with van der Waals surface area (Å²) in [5.74, 6) is -0.825. The van der Waals surface area contributed by atoms with Crippen molar-refractivity contribution in [2.45, 2.75) is 39.2 Å². The molecule has 122 valence electrons. The third-order valence-electron chi connectivity index (χ3n) is 3.32. The lowest BCUT2D eigenvalue weighted by Gasteiger charge is -2.19. The van der Waals surface area contributed by atoms with E-state index < -0.39 is 12.0 Å². The lowest BCUT2D eigenvalue weighted by molar-refractivity contribution is -0.138. The van der Waals surface area contributed by atoms with Crippen LogP contribution in [0.15, 0.2) is 24.4 Å². The van der Waals surface area contributed by atoms with Gasteiger partial charge in [-0.1, -0.05) is 19.9 Å². The zero-order valence-corrected chi connectivity index (χ0v) is 13.2. The number of nitrogens with two attached hydrogens (primary N) is 1. The smallest absolute Gasteiger partial charge is 0.303 e. The summed E-state index contributed by atoms with van der Waals surface area (Å²) in [7, 11) is 0. The number of aliphatic carboxylic acids is 1. The Labute approximate surface area is 131 Å². The van der Waals surface area contributed by atoms with E-state index in [1.165, 1.54) is 0 Å². The van der Waals surface area contributed by atoms with Crippen molar-refractivity contribution in [2.24, 2.45) is 17.6 Å². The summed E-state index contributed by atoms with van der Waals surface area (Å²) in [6.45, 7) is 4.40. The lowest BCUT2D eigenvalue weighted by Crippen LogP contribution is -2.44. The Kier molecular flexibility index (Phi) is 7.52. The fraction of sp³-hybridized carbons (Fsp3) is 0.562. The van der Waals surface area contributed by atoms with Crippen LogP contribution in [0.4, 0.5) is 0 Å². The fourth-order valence-corrected chi connectivity index (χ4v) is 2.37. The van der Waals surface area contributed by atoms with E-state index >= 15 is 0 Å². The zero-order valence-electron chi connectivity index (χ0n) is 13.2. The van der Waals surface area contributed by atoms with E-state index in [4.69, 9.17) is 10.8 Å². The molecule has 1 rings (SSSR count). The third-order valence-corrected chi connectivity index (χ3v) is 3.32. The first-order valence-corrected chi connectivity index (χ1v) is 7.53. The van der Waals surface area contributed by atoms with E-state index in [9.17, 15) is 9.59 Å². The van der Waals surface area contributed by atoms with Crippen LogP contribution in [-0.4, -0.2) is 34.6 Å². The van der Waals surface area contributed by atoms with Gasteiger partial charge in [-0.15, -0.1) is 0 Å². The molecule has 0 radical (unpaired) electrons. The largest absolute Gasteiger partial charge is 0.481 e. The van der Waals surface area contributed by atoms with Gasteiger partial charge in [0.2, 0.25) is 5.91 Å². The number of rotatable bonds is 9. The van der Waals surface area contributed by atoms with Gasteiger partial charge in [0, 0.05) is 31.3 Å².